The van der Waals surface area contributed by atoms with E-state index in [1.165, 1.54) is 4.70 Å². The van der Waals surface area contributed by atoms with Crippen LogP contribution in [-0.2, 0) is 0 Å². The Balaban J connectivity index is 1.08. The molecule has 2 aromatic heterocycles. The zero-order chi connectivity index (χ0) is 20.3. The van der Waals surface area contributed by atoms with Gasteiger partial charge in [0.05, 0.1) is 22.3 Å². The van der Waals surface area contributed by atoms with E-state index in [4.69, 9.17) is 9.72 Å². The molecule has 1 fully saturated rings. The van der Waals surface area contributed by atoms with Crippen molar-refractivity contribution in [2.45, 2.75) is 6.42 Å². The predicted molar refractivity (Wildman–Crippen MR) is 123 cm³/mol. The Morgan fingerprint density at radius 3 is 2.73 bits per heavy atom. The van der Waals surface area contributed by atoms with E-state index in [1.807, 2.05) is 30.3 Å². The number of fused-ring (bicyclic) bond motifs is 2. The zero-order valence-corrected chi connectivity index (χ0v) is 17.5. The van der Waals surface area contributed by atoms with Crippen LogP contribution in [0.25, 0.3) is 21.1 Å². The van der Waals surface area contributed by atoms with Gasteiger partial charge in [0.2, 0.25) is 5.56 Å². The topological polar surface area (TPSA) is 61.5 Å². The van der Waals surface area contributed by atoms with Gasteiger partial charge >= 0.3 is 0 Å². The number of piperazine rings is 1. The van der Waals surface area contributed by atoms with E-state index in [1.54, 1.807) is 17.4 Å². The molecule has 0 unspecified atom stereocenters. The van der Waals surface area contributed by atoms with Crippen molar-refractivity contribution in [3.05, 3.63) is 65.0 Å². The zero-order valence-electron chi connectivity index (χ0n) is 16.7. The lowest BCUT2D eigenvalue weighted by Crippen LogP contribution is -2.46. The summed E-state index contributed by atoms with van der Waals surface area (Å²) >= 11 is 1.78. The van der Waals surface area contributed by atoms with Gasteiger partial charge in [-0.25, -0.2) is 4.98 Å². The van der Waals surface area contributed by atoms with E-state index in [-0.39, 0.29) is 5.56 Å². The summed E-state index contributed by atoms with van der Waals surface area (Å²) < 4.78 is 7.16. The standard InChI is InChI=1S/C23H24N4O2S/c28-22-9-7-17-6-8-18(16-20(17)24-22)29-15-3-10-26-11-13-27(14-12-26)23-25-19-4-1-2-5-21(19)30-23/h1-2,4-9,16H,3,10-15H2,(H,24,28). The van der Waals surface area contributed by atoms with Crippen LogP contribution in [0.2, 0.25) is 0 Å². The molecular formula is C23H24N4O2S. The molecule has 0 bridgehead atoms. The van der Waals surface area contributed by atoms with Gasteiger partial charge in [0, 0.05) is 44.9 Å². The van der Waals surface area contributed by atoms with Gasteiger partial charge in [-0.05, 0) is 42.1 Å². The molecule has 4 aromatic rings. The number of nitrogens with one attached hydrogen (secondary N) is 1. The highest BCUT2D eigenvalue weighted by Crippen LogP contribution is 2.29. The molecule has 0 saturated carbocycles. The number of para-hydroxylation sites is 1. The number of anilines is 1. The van der Waals surface area contributed by atoms with Crippen LogP contribution >= 0.6 is 11.3 Å². The highest BCUT2D eigenvalue weighted by atomic mass is 32.1. The summed E-state index contributed by atoms with van der Waals surface area (Å²) in [5, 5.41) is 2.14. The minimum Gasteiger partial charge on any atom is -0.493 e. The number of benzene rings is 2. The first-order valence-electron chi connectivity index (χ1n) is 10.3. The molecule has 1 N–H and O–H groups in total. The van der Waals surface area contributed by atoms with Gasteiger partial charge in [-0.3, -0.25) is 9.69 Å². The van der Waals surface area contributed by atoms with E-state index >= 15 is 0 Å². The van der Waals surface area contributed by atoms with Crippen LogP contribution in [0.3, 0.4) is 0 Å². The monoisotopic (exact) mass is 420 g/mol. The Hall–Kier alpha value is -2.90. The molecule has 0 spiro atoms. The quantitative estimate of drug-likeness (QED) is 0.482. The molecule has 0 aliphatic carbocycles. The average Bonchev–Trinajstić information content (AvgIpc) is 3.21. The van der Waals surface area contributed by atoms with E-state index < -0.39 is 0 Å². The number of hydrogen-bond acceptors (Lipinski definition) is 6. The Labute approximate surface area is 178 Å². The third-order valence-corrected chi connectivity index (χ3v) is 6.61. The number of hydrogen-bond donors (Lipinski definition) is 1. The first kappa shape index (κ1) is 19.1. The summed E-state index contributed by atoms with van der Waals surface area (Å²) in [7, 11) is 0. The van der Waals surface area contributed by atoms with E-state index in [0.717, 1.165) is 66.4 Å². The summed E-state index contributed by atoms with van der Waals surface area (Å²) in [6.07, 6.45) is 0.977. The lowest BCUT2D eigenvalue weighted by Gasteiger charge is -2.34. The normalized spacial score (nSPS) is 15.1. The second-order valence-electron chi connectivity index (χ2n) is 7.57. The van der Waals surface area contributed by atoms with Gasteiger partial charge in [0.25, 0.3) is 0 Å². The molecule has 3 heterocycles. The number of nitrogens with zero attached hydrogens (tertiary/aromatic N) is 3. The maximum Gasteiger partial charge on any atom is 0.248 e. The fourth-order valence-electron chi connectivity index (χ4n) is 3.85. The van der Waals surface area contributed by atoms with Crippen molar-refractivity contribution in [1.82, 2.24) is 14.9 Å². The fourth-order valence-corrected chi connectivity index (χ4v) is 4.87. The molecule has 2 aromatic carbocycles. The Morgan fingerprint density at radius 2 is 1.87 bits per heavy atom. The number of rotatable bonds is 6. The Kier molecular flexibility index (Phi) is 5.38. The van der Waals surface area contributed by atoms with Crippen LogP contribution in [-0.4, -0.2) is 54.2 Å². The molecule has 1 aliphatic heterocycles. The maximum absolute atomic E-state index is 11.5. The SMILES string of the molecule is O=c1ccc2ccc(OCCCN3CCN(c4nc5ccccc5s4)CC3)cc2[nH]1. The summed E-state index contributed by atoms with van der Waals surface area (Å²) in [5.74, 6) is 0.796. The largest absolute Gasteiger partial charge is 0.493 e. The van der Waals surface area contributed by atoms with Crippen molar-refractivity contribution in [1.29, 1.82) is 0 Å². The molecule has 5 rings (SSSR count). The van der Waals surface area contributed by atoms with Crippen molar-refractivity contribution in [3.8, 4) is 5.75 Å². The van der Waals surface area contributed by atoms with Crippen LogP contribution in [0, 0.1) is 0 Å². The van der Waals surface area contributed by atoms with Gasteiger partial charge in [0.1, 0.15) is 5.75 Å². The lowest BCUT2D eigenvalue weighted by atomic mass is 10.2. The Morgan fingerprint density at radius 1 is 1.03 bits per heavy atom. The average molecular weight is 421 g/mol. The summed E-state index contributed by atoms with van der Waals surface area (Å²) in [6.45, 7) is 5.82. The van der Waals surface area contributed by atoms with E-state index in [2.05, 4.69) is 33.0 Å². The summed E-state index contributed by atoms with van der Waals surface area (Å²) in [4.78, 5) is 24.0. The van der Waals surface area contributed by atoms with Crippen molar-refractivity contribution in [3.63, 3.8) is 0 Å². The molecule has 7 heteroatoms. The summed E-state index contributed by atoms with van der Waals surface area (Å²) in [6, 6.07) is 17.5. The second-order valence-corrected chi connectivity index (χ2v) is 8.58. The minimum atomic E-state index is -0.0929. The molecule has 154 valence electrons. The molecule has 1 aliphatic rings. The number of aromatic amines is 1. The van der Waals surface area contributed by atoms with E-state index in [9.17, 15) is 4.79 Å². The van der Waals surface area contributed by atoms with Crippen molar-refractivity contribution < 1.29 is 4.74 Å². The van der Waals surface area contributed by atoms with Crippen LogP contribution in [0.5, 0.6) is 5.75 Å². The van der Waals surface area contributed by atoms with Gasteiger partial charge in [-0.1, -0.05) is 23.5 Å². The molecule has 6 nitrogen and oxygen atoms in total. The molecular weight excluding hydrogens is 396 g/mol. The number of H-pyrrole nitrogens is 1. The van der Waals surface area contributed by atoms with Crippen LogP contribution in [0.4, 0.5) is 5.13 Å². The first-order valence-corrected chi connectivity index (χ1v) is 11.1. The second kappa shape index (κ2) is 8.45. The predicted octanol–water partition coefficient (Wildman–Crippen LogP) is 3.73. The van der Waals surface area contributed by atoms with Crippen LogP contribution in [0.15, 0.2) is 59.4 Å². The Bertz CT molecular complexity index is 1180. The van der Waals surface area contributed by atoms with Crippen molar-refractivity contribution >= 4 is 37.6 Å². The van der Waals surface area contributed by atoms with E-state index in [0.29, 0.717) is 6.61 Å². The third-order valence-electron chi connectivity index (χ3n) is 5.51. The van der Waals surface area contributed by atoms with Crippen LogP contribution in [0.1, 0.15) is 6.42 Å². The van der Waals surface area contributed by atoms with Gasteiger partial charge in [0.15, 0.2) is 5.13 Å². The molecule has 0 radical (unpaired) electrons. The number of ether oxygens (including phenoxy) is 1. The number of pyridine rings is 1. The summed E-state index contributed by atoms with van der Waals surface area (Å²) in [5.41, 5.74) is 1.81. The maximum atomic E-state index is 11.5. The minimum absolute atomic E-state index is 0.0929. The molecule has 30 heavy (non-hydrogen) atoms. The lowest BCUT2D eigenvalue weighted by molar-refractivity contribution is 0.225. The van der Waals surface area contributed by atoms with Gasteiger partial charge < -0.3 is 14.6 Å². The first-order chi connectivity index (χ1) is 14.7. The van der Waals surface area contributed by atoms with Crippen LogP contribution < -0.4 is 15.2 Å². The molecule has 0 atom stereocenters. The van der Waals surface area contributed by atoms with Crippen molar-refractivity contribution in [2.24, 2.45) is 0 Å². The number of thiazole rings is 1. The highest BCUT2D eigenvalue weighted by molar-refractivity contribution is 7.22. The molecule has 0 amide bonds. The van der Waals surface area contributed by atoms with Gasteiger partial charge in [-0.15, -0.1) is 0 Å². The molecule has 1 saturated heterocycles. The smallest absolute Gasteiger partial charge is 0.248 e. The van der Waals surface area contributed by atoms with Gasteiger partial charge in [-0.2, -0.15) is 0 Å². The third kappa shape index (κ3) is 4.17. The van der Waals surface area contributed by atoms with Crippen molar-refractivity contribution in [2.75, 3.05) is 44.2 Å². The fraction of sp³-hybridized carbons (Fsp3) is 0.304. The number of aromatic nitrogens is 2. The highest BCUT2D eigenvalue weighted by Gasteiger charge is 2.19.